The minimum atomic E-state index is -0.0712. The van der Waals surface area contributed by atoms with Gasteiger partial charge < -0.3 is 0 Å². The Hall–Kier alpha value is -2.50. The number of aryl methyl sites for hydroxylation is 3. The van der Waals surface area contributed by atoms with E-state index in [0.29, 0.717) is 27.9 Å². The third kappa shape index (κ3) is 3.22. The number of thioether (sulfide) groups is 1. The highest BCUT2D eigenvalue weighted by atomic mass is 32.2. The van der Waals surface area contributed by atoms with Crippen molar-refractivity contribution in [2.24, 2.45) is 7.05 Å². The molecule has 0 fully saturated rings. The molecule has 0 N–H and O–H groups in total. The summed E-state index contributed by atoms with van der Waals surface area (Å²) in [7, 11) is 1.71. The summed E-state index contributed by atoms with van der Waals surface area (Å²) in [6, 6.07) is 1.92. The Bertz CT molecular complexity index is 1600. The molecule has 5 aromatic rings. The van der Waals surface area contributed by atoms with Crippen molar-refractivity contribution in [3.8, 4) is 0 Å². The first kappa shape index (κ1) is 21.4. The Balaban J connectivity index is 1.61. The summed E-state index contributed by atoms with van der Waals surface area (Å²) in [4.78, 5) is 32.7. The van der Waals surface area contributed by atoms with E-state index in [1.165, 1.54) is 27.7 Å². The van der Waals surface area contributed by atoms with Crippen LogP contribution in [-0.2, 0) is 19.3 Å². The van der Waals surface area contributed by atoms with E-state index >= 15 is 0 Å². The third-order valence-corrected chi connectivity index (χ3v) is 8.68. The van der Waals surface area contributed by atoms with E-state index in [1.807, 2.05) is 29.7 Å². The smallest absolute Gasteiger partial charge is 0.272 e. The average Bonchev–Trinajstić information content (AvgIpc) is 3.48. The zero-order valence-electron chi connectivity index (χ0n) is 18.2. The number of rotatable bonds is 6. The molecular formula is C21H22N6O2S3. The summed E-state index contributed by atoms with van der Waals surface area (Å²) < 4.78 is 5.93. The lowest BCUT2D eigenvalue weighted by molar-refractivity contribution is 0.558. The predicted octanol–water partition coefficient (Wildman–Crippen LogP) is 4.12. The van der Waals surface area contributed by atoms with E-state index in [0.717, 1.165) is 44.8 Å². The highest BCUT2D eigenvalue weighted by Crippen LogP contribution is 2.30. The van der Waals surface area contributed by atoms with Crippen LogP contribution in [0.15, 0.2) is 26.2 Å². The number of fused-ring (bicyclic) bond motifs is 4. The molecule has 0 spiro atoms. The van der Waals surface area contributed by atoms with E-state index < -0.39 is 0 Å². The Morgan fingerprint density at radius 2 is 1.97 bits per heavy atom. The molecule has 5 heterocycles. The van der Waals surface area contributed by atoms with Gasteiger partial charge in [-0.3, -0.25) is 23.1 Å². The van der Waals surface area contributed by atoms with E-state index in [4.69, 9.17) is 4.98 Å². The van der Waals surface area contributed by atoms with Crippen molar-refractivity contribution >= 4 is 60.6 Å². The molecule has 0 radical (unpaired) electrons. The Kier molecular flexibility index (Phi) is 5.42. The number of unbranched alkanes of at least 4 members (excludes halogenated alkanes) is 1. The topological polar surface area (TPSA) is 87.1 Å². The van der Waals surface area contributed by atoms with Crippen molar-refractivity contribution in [1.29, 1.82) is 0 Å². The standard InChI is InChI=1S/C21H22N6O2S3/c1-5-6-8-26-18(28)15-11(2)12(3)32-17(15)22-21(26)31-10-14-23-24-20-25(4)19(29)16-13(27(14)20)7-9-30-16/h7,9H,5-6,8,10H2,1-4H3. The molecule has 32 heavy (non-hydrogen) atoms. The molecule has 0 aliphatic carbocycles. The third-order valence-electron chi connectivity index (χ3n) is 5.72. The highest BCUT2D eigenvalue weighted by Gasteiger charge is 2.19. The lowest BCUT2D eigenvalue weighted by atomic mass is 10.2. The van der Waals surface area contributed by atoms with Crippen molar-refractivity contribution < 1.29 is 0 Å². The molecule has 0 aromatic carbocycles. The van der Waals surface area contributed by atoms with E-state index in [2.05, 4.69) is 17.1 Å². The number of thiophene rings is 2. The van der Waals surface area contributed by atoms with Crippen molar-refractivity contribution in [3.05, 3.63) is 48.4 Å². The van der Waals surface area contributed by atoms with E-state index in [-0.39, 0.29) is 11.1 Å². The first-order valence-electron chi connectivity index (χ1n) is 10.4. The van der Waals surface area contributed by atoms with E-state index in [1.54, 1.807) is 23.0 Å². The molecule has 0 bridgehead atoms. The maximum Gasteiger partial charge on any atom is 0.272 e. The van der Waals surface area contributed by atoms with Gasteiger partial charge in [-0.2, -0.15) is 0 Å². The zero-order chi connectivity index (χ0) is 22.6. The summed E-state index contributed by atoms with van der Waals surface area (Å²) in [5.41, 5.74) is 1.79. The van der Waals surface area contributed by atoms with Crippen molar-refractivity contribution in [1.82, 2.24) is 28.7 Å². The largest absolute Gasteiger partial charge is 0.287 e. The molecule has 0 aliphatic heterocycles. The monoisotopic (exact) mass is 486 g/mol. The van der Waals surface area contributed by atoms with Crippen LogP contribution in [0.5, 0.6) is 0 Å². The summed E-state index contributed by atoms with van der Waals surface area (Å²) >= 11 is 4.47. The Morgan fingerprint density at radius 3 is 2.75 bits per heavy atom. The second-order valence-electron chi connectivity index (χ2n) is 7.71. The fourth-order valence-electron chi connectivity index (χ4n) is 3.81. The fourth-order valence-corrected chi connectivity index (χ4v) is 6.67. The van der Waals surface area contributed by atoms with Crippen LogP contribution >= 0.6 is 34.4 Å². The molecule has 8 nitrogen and oxygen atoms in total. The first-order valence-corrected chi connectivity index (χ1v) is 13.0. The Morgan fingerprint density at radius 1 is 1.16 bits per heavy atom. The summed E-state index contributed by atoms with van der Waals surface area (Å²) in [6.07, 6.45) is 1.91. The molecule has 11 heteroatoms. The maximum atomic E-state index is 13.3. The van der Waals surface area contributed by atoms with Crippen LogP contribution in [0.4, 0.5) is 0 Å². The van der Waals surface area contributed by atoms with Gasteiger partial charge in [-0.1, -0.05) is 25.1 Å². The number of aromatic nitrogens is 6. The molecule has 0 unspecified atom stereocenters. The van der Waals surface area contributed by atoms with Crippen LogP contribution < -0.4 is 11.1 Å². The summed E-state index contributed by atoms with van der Waals surface area (Å²) in [6.45, 7) is 6.78. The first-order chi connectivity index (χ1) is 15.4. The van der Waals surface area contributed by atoms with Crippen LogP contribution in [0.1, 0.15) is 36.0 Å². The van der Waals surface area contributed by atoms with Gasteiger partial charge in [0.25, 0.3) is 11.1 Å². The quantitative estimate of drug-likeness (QED) is 0.265. The lowest BCUT2D eigenvalue weighted by Crippen LogP contribution is -2.23. The van der Waals surface area contributed by atoms with Crippen molar-refractivity contribution in [2.45, 2.75) is 51.1 Å². The zero-order valence-corrected chi connectivity index (χ0v) is 20.7. The van der Waals surface area contributed by atoms with Crippen LogP contribution in [0.3, 0.4) is 0 Å². The highest BCUT2D eigenvalue weighted by molar-refractivity contribution is 7.98. The van der Waals surface area contributed by atoms with Crippen molar-refractivity contribution in [2.75, 3.05) is 0 Å². The maximum absolute atomic E-state index is 13.3. The molecule has 5 aromatic heterocycles. The van der Waals surface area contributed by atoms with Gasteiger partial charge in [0.05, 0.1) is 16.7 Å². The summed E-state index contributed by atoms with van der Waals surface area (Å²) in [5.74, 6) is 1.71. The molecule has 0 saturated carbocycles. The van der Waals surface area contributed by atoms with Gasteiger partial charge in [-0.15, -0.1) is 32.9 Å². The minimum Gasteiger partial charge on any atom is -0.287 e. The molecule has 5 rings (SSSR count). The van der Waals surface area contributed by atoms with E-state index in [9.17, 15) is 9.59 Å². The predicted molar refractivity (Wildman–Crippen MR) is 131 cm³/mol. The fraction of sp³-hybridized carbons (Fsp3) is 0.381. The van der Waals surface area contributed by atoms with Gasteiger partial charge >= 0.3 is 0 Å². The normalized spacial score (nSPS) is 12.0. The molecule has 0 atom stereocenters. The molecular weight excluding hydrogens is 464 g/mol. The number of hydrogen-bond donors (Lipinski definition) is 0. The van der Waals surface area contributed by atoms with Crippen LogP contribution in [0.2, 0.25) is 0 Å². The molecule has 0 aliphatic rings. The minimum absolute atomic E-state index is 0.0292. The van der Waals surface area contributed by atoms with Crippen LogP contribution in [0, 0.1) is 13.8 Å². The van der Waals surface area contributed by atoms with Crippen LogP contribution in [-0.4, -0.2) is 28.7 Å². The second-order valence-corrected chi connectivity index (χ2v) is 10.8. The number of hydrogen-bond acceptors (Lipinski definition) is 8. The van der Waals surface area contributed by atoms with Gasteiger partial charge in [0.1, 0.15) is 15.4 Å². The van der Waals surface area contributed by atoms with Gasteiger partial charge in [0, 0.05) is 18.5 Å². The van der Waals surface area contributed by atoms with Gasteiger partial charge in [0.2, 0.25) is 5.78 Å². The van der Waals surface area contributed by atoms with Gasteiger partial charge in [-0.05, 0) is 37.3 Å². The Labute approximate surface area is 195 Å². The van der Waals surface area contributed by atoms with Gasteiger partial charge in [0.15, 0.2) is 5.16 Å². The van der Waals surface area contributed by atoms with Gasteiger partial charge in [-0.25, -0.2) is 4.98 Å². The molecule has 0 saturated heterocycles. The SMILES string of the molecule is CCCCn1c(SCc2nnc3n(C)c(=O)c4sccc4n23)nc2sc(C)c(C)c2c1=O. The van der Waals surface area contributed by atoms with Crippen molar-refractivity contribution in [3.63, 3.8) is 0 Å². The van der Waals surface area contributed by atoms with Crippen LogP contribution in [0.25, 0.3) is 26.2 Å². The average molecular weight is 487 g/mol. The second kappa shape index (κ2) is 8.13. The summed E-state index contributed by atoms with van der Waals surface area (Å²) in [5, 5.41) is 11.9. The molecule has 0 amide bonds. The lowest BCUT2D eigenvalue weighted by Gasteiger charge is -2.11. The number of nitrogens with zero attached hydrogens (tertiary/aromatic N) is 6. The molecule has 166 valence electrons.